The predicted molar refractivity (Wildman–Crippen MR) is 78.1 cm³/mol. The van der Waals surface area contributed by atoms with E-state index < -0.39 is 0 Å². The number of nitrogens with zero attached hydrogens (tertiary/aromatic N) is 1. The summed E-state index contributed by atoms with van der Waals surface area (Å²) in [6.45, 7) is 4.02. The molecule has 0 aromatic heterocycles. The zero-order chi connectivity index (χ0) is 12.7. The second-order valence-corrected chi connectivity index (χ2v) is 5.41. The molecule has 1 unspecified atom stereocenters. The summed E-state index contributed by atoms with van der Waals surface area (Å²) >= 11 is 3.46. The quantitative estimate of drug-likeness (QED) is 0.780. The number of halogens is 1. The van der Waals surface area contributed by atoms with Gasteiger partial charge in [0.25, 0.3) is 0 Å². The third-order valence-electron chi connectivity index (χ3n) is 3.12. The zero-order valence-electron chi connectivity index (χ0n) is 10.8. The van der Waals surface area contributed by atoms with Crippen LogP contribution in [-0.2, 0) is 0 Å². The highest BCUT2D eigenvalue weighted by Crippen LogP contribution is 2.21. The first-order valence-electron chi connectivity index (χ1n) is 6.34. The van der Waals surface area contributed by atoms with Crippen molar-refractivity contribution >= 4 is 15.9 Å². The van der Waals surface area contributed by atoms with E-state index in [-0.39, 0.29) is 0 Å². The molecule has 1 aromatic rings. The average molecular weight is 299 g/mol. The number of unbranched alkanes of at least 4 members (excludes halogenated alkanes) is 2. The molecular weight excluding hydrogens is 276 g/mol. The first-order valence-corrected chi connectivity index (χ1v) is 7.14. The van der Waals surface area contributed by atoms with E-state index in [1.54, 1.807) is 0 Å². The van der Waals surface area contributed by atoms with Crippen molar-refractivity contribution in [3.63, 3.8) is 0 Å². The van der Waals surface area contributed by atoms with Crippen LogP contribution < -0.4 is 5.73 Å². The standard InChI is InChI=1S/C14H23BrN2/c1-3-4-5-10-17(2)14(11-16)12-6-8-13(15)9-7-12/h6-9,14H,3-5,10-11,16H2,1-2H3. The summed E-state index contributed by atoms with van der Waals surface area (Å²) in [7, 11) is 2.16. The van der Waals surface area contributed by atoms with Crippen LogP contribution in [0.4, 0.5) is 0 Å². The monoisotopic (exact) mass is 298 g/mol. The third-order valence-corrected chi connectivity index (χ3v) is 3.65. The topological polar surface area (TPSA) is 29.3 Å². The van der Waals surface area contributed by atoms with E-state index in [0.29, 0.717) is 12.6 Å². The van der Waals surface area contributed by atoms with Gasteiger partial charge in [-0.3, -0.25) is 4.90 Å². The van der Waals surface area contributed by atoms with Crippen molar-refractivity contribution < 1.29 is 0 Å². The Morgan fingerprint density at radius 2 is 1.88 bits per heavy atom. The number of likely N-dealkylation sites (N-methyl/N-ethyl adjacent to an activating group) is 1. The Bertz CT molecular complexity index is 311. The highest BCUT2D eigenvalue weighted by atomic mass is 79.9. The summed E-state index contributed by atoms with van der Waals surface area (Å²) in [6, 6.07) is 8.80. The Morgan fingerprint density at radius 3 is 2.41 bits per heavy atom. The van der Waals surface area contributed by atoms with Crippen LogP contribution >= 0.6 is 15.9 Å². The predicted octanol–water partition coefficient (Wildman–Crippen LogP) is 3.57. The minimum absolute atomic E-state index is 0.333. The van der Waals surface area contributed by atoms with E-state index in [4.69, 9.17) is 5.73 Å². The molecule has 0 saturated heterocycles. The lowest BCUT2D eigenvalue weighted by Crippen LogP contribution is -2.31. The second-order valence-electron chi connectivity index (χ2n) is 4.49. The molecule has 0 saturated carbocycles. The fraction of sp³-hybridized carbons (Fsp3) is 0.571. The first-order chi connectivity index (χ1) is 8.19. The average Bonchev–Trinajstić information content (AvgIpc) is 2.33. The van der Waals surface area contributed by atoms with Crippen LogP contribution in [0, 0.1) is 0 Å². The molecule has 1 atom stereocenters. The van der Waals surface area contributed by atoms with Gasteiger partial charge in [-0.1, -0.05) is 47.8 Å². The van der Waals surface area contributed by atoms with Crippen molar-refractivity contribution in [3.8, 4) is 0 Å². The Balaban J connectivity index is 2.60. The Labute approximate surface area is 113 Å². The fourth-order valence-corrected chi connectivity index (χ4v) is 2.29. The molecular formula is C14H23BrN2. The third kappa shape index (κ3) is 4.78. The van der Waals surface area contributed by atoms with E-state index in [1.165, 1.54) is 24.8 Å². The van der Waals surface area contributed by atoms with Gasteiger partial charge >= 0.3 is 0 Å². The zero-order valence-corrected chi connectivity index (χ0v) is 12.4. The van der Waals surface area contributed by atoms with Crippen molar-refractivity contribution in [3.05, 3.63) is 34.3 Å². The minimum atomic E-state index is 0.333. The van der Waals surface area contributed by atoms with Gasteiger partial charge in [0, 0.05) is 17.1 Å². The van der Waals surface area contributed by atoms with Gasteiger partial charge in [-0.05, 0) is 37.7 Å². The Hall–Kier alpha value is -0.380. The highest BCUT2D eigenvalue weighted by molar-refractivity contribution is 9.10. The molecule has 1 rings (SSSR count). The van der Waals surface area contributed by atoms with Crippen LogP contribution in [0.1, 0.15) is 37.8 Å². The van der Waals surface area contributed by atoms with Gasteiger partial charge in [0.15, 0.2) is 0 Å². The molecule has 0 spiro atoms. The molecule has 0 aliphatic heterocycles. The lowest BCUT2D eigenvalue weighted by atomic mass is 10.1. The van der Waals surface area contributed by atoms with Crippen LogP contribution in [0.5, 0.6) is 0 Å². The summed E-state index contributed by atoms with van der Waals surface area (Å²) in [5, 5.41) is 0. The number of nitrogens with two attached hydrogens (primary N) is 1. The first kappa shape index (κ1) is 14.7. The molecule has 0 amide bonds. The summed E-state index contributed by atoms with van der Waals surface area (Å²) in [4.78, 5) is 2.36. The molecule has 96 valence electrons. The lowest BCUT2D eigenvalue weighted by molar-refractivity contribution is 0.245. The SMILES string of the molecule is CCCCCN(C)C(CN)c1ccc(Br)cc1. The van der Waals surface area contributed by atoms with Gasteiger partial charge < -0.3 is 5.73 Å². The van der Waals surface area contributed by atoms with Crippen molar-refractivity contribution in [1.82, 2.24) is 4.90 Å². The highest BCUT2D eigenvalue weighted by Gasteiger charge is 2.14. The van der Waals surface area contributed by atoms with E-state index in [1.807, 2.05) is 0 Å². The van der Waals surface area contributed by atoms with Gasteiger partial charge in [0.1, 0.15) is 0 Å². The summed E-state index contributed by atoms with van der Waals surface area (Å²) in [5.41, 5.74) is 7.20. The molecule has 0 fully saturated rings. The molecule has 2 N–H and O–H groups in total. The second kappa shape index (κ2) is 7.85. The van der Waals surface area contributed by atoms with E-state index in [9.17, 15) is 0 Å². The van der Waals surface area contributed by atoms with Gasteiger partial charge in [-0.15, -0.1) is 0 Å². The van der Waals surface area contributed by atoms with Crippen LogP contribution in [0.2, 0.25) is 0 Å². The van der Waals surface area contributed by atoms with Crippen LogP contribution in [0.3, 0.4) is 0 Å². The maximum atomic E-state index is 5.89. The summed E-state index contributed by atoms with van der Waals surface area (Å²) < 4.78 is 1.12. The Kier molecular flexibility index (Phi) is 6.78. The molecule has 17 heavy (non-hydrogen) atoms. The molecule has 3 heteroatoms. The van der Waals surface area contributed by atoms with Crippen molar-refractivity contribution in [1.29, 1.82) is 0 Å². The van der Waals surface area contributed by atoms with Crippen molar-refractivity contribution in [2.45, 2.75) is 32.2 Å². The van der Waals surface area contributed by atoms with E-state index in [0.717, 1.165) is 11.0 Å². The normalized spacial score (nSPS) is 13.0. The summed E-state index contributed by atoms with van der Waals surface area (Å²) in [5.74, 6) is 0. The van der Waals surface area contributed by atoms with Gasteiger partial charge in [-0.25, -0.2) is 0 Å². The number of hydrogen-bond acceptors (Lipinski definition) is 2. The molecule has 0 aliphatic rings. The minimum Gasteiger partial charge on any atom is -0.329 e. The van der Waals surface area contributed by atoms with Crippen molar-refractivity contribution in [2.24, 2.45) is 5.73 Å². The molecule has 0 bridgehead atoms. The maximum Gasteiger partial charge on any atom is 0.0467 e. The number of benzene rings is 1. The Morgan fingerprint density at radius 1 is 1.24 bits per heavy atom. The van der Waals surface area contributed by atoms with Gasteiger partial charge in [-0.2, -0.15) is 0 Å². The van der Waals surface area contributed by atoms with Gasteiger partial charge in [0.2, 0.25) is 0 Å². The van der Waals surface area contributed by atoms with Crippen LogP contribution in [0.25, 0.3) is 0 Å². The number of rotatable bonds is 7. The molecule has 2 nitrogen and oxygen atoms in total. The fourth-order valence-electron chi connectivity index (χ4n) is 2.02. The molecule has 1 aromatic carbocycles. The smallest absolute Gasteiger partial charge is 0.0467 e. The summed E-state index contributed by atoms with van der Waals surface area (Å²) in [6.07, 6.45) is 3.81. The van der Waals surface area contributed by atoms with E-state index >= 15 is 0 Å². The van der Waals surface area contributed by atoms with Crippen LogP contribution in [-0.4, -0.2) is 25.0 Å². The number of hydrogen-bond donors (Lipinski definition) is 1. The maximum absolute atomic E-state index is 5.89. The van der Waals surface area contributed by atoms with Crippen molar-refractivity contribution in [2.75, 3.05) is 20.1 Å². The molecule has 0 radical (unpaired) electrons. The van der Waals surface area contributed by atoms with Crippen LogP contribution in [0.15, 0.2) is 28.7 Å². The lowest BCUT2D eigenvalue weighted by Gasteiger charge is -2.27. The largest absolute Gasteiger partial charge is 0.329 e. The van der Waals surface area contributed by atoms with E-state index in [2.05, 4.69) is 59.1 Å². The molecule has 0 heterocycles. The molecule has 0 aliphatic carbocycles. The van der Waals surface area contributed by atoms with Gasteiger partial charge in [0.05, 0.1) is 0 Å².